The lowest BCUT2D eigenvalue weighted by atomic mass is 9.90. The average molecular weight is 416 g/mol. The zero-order valence-electron chi connectivity index (χ0n) is 16.6. The van der Waals surface area contributed by atoms with Gasteiger partial charge in [-0.15, -0.1) is 11.8 Å². The fourth-order valence-corrected chi connectivity index (χ4v) is 6.11. The summed E-state index contributed by atoms with van der Waals surface area (Å²) in [4.78, 5) is 27.6. The summed E-state index contributed by atoms with van der Waals surface area (Å²) < 4.78 is 0. The van der Waals surface area contributed by atoms with Gasteiger partial charge in [0.25, 0.3) is 0 Å². The number of Topliss-reactive ketones (excluding diaryl/α,β-unsaturated/α-hetero) is 1. The average Bonchev–Trinajstić information content (AvgIpc) is 3.46. The van der Waals surface area contributed by atoms with Crippen molar-refractivity contribution in [3.63, 3.8) is 0 Å². The van der Waals surface area contributed by atoms with Crippen LogP contribution in [-0.4, -0.2) is 58.3 Å². The van der Waals surface area contributed by atoms with Crippen LogP contribution < -0.4 is 5.32 Å². The Morgan fingerprint density at radius 3 is 2.76 bits per heavy atom. The first-order valence-electron chi connectivity index (χ1n) is 10.6. The van der Waals surface area contributed by atoms with Crippen molar-refractivity contribution >= 4 is 29.7 Å². The van der Waals surface area contributed by atoms with Gasteiger partial charge in [-0.2, -0.15) is 0 Å². The number of nitrogens with one attached hydrogen (secondary N) is 1. The molecule has 7 heteroatoms. The number of oxime groups is 1. The molecule has 0 radical (unpaired) electrons. The van der Waals surface area contributed by atoms with Crippen LogP contribution in [0.3, 0.4) is 0 Å². The Labute approximate surface area is 176 Å². The van der Waals surface area contributed by atoms with Crippen LogP contribution >= 0.6 is 11.8 Å². The molecule has 3 atom stereocenters. The largest absolute Gasteiger partial charge is 0.411 e. The summed E-state index contributed by atoms with van der Waals surface area (Å²) in [6, 6.07) is 8.00. The van der Waals surface area contributed by atoms with E-state index >= 15 is 0 Å². The van der Waals surface area contributed by atoms with Gasteiger partial charge in [-0.25, -0.2) is 0 Å². The summed E-state index contributed by atoms with van der Waals surface area (Å²) in [6.45, 7) is 0.699. The predicted molar refractivity (Wildman–Crippen MR) is 114 cm³/mol. The van der Waals surface area contributed by atoms with Crippen molar-refractivity contribution in [2.75, 3.05) is 18.2 Å². The van der Waals surface area contributed by atoms with E-state index in [9.17, 15) is 9.59 Å². The molecule has 1 amide bonds. The van der Waals surface area contributed by atoms with E-state index in [4.69, 9.17) is 5.21 Å². The smallest absolute Gasteiger partial charge is 0.241 e. The summed E-state index contributed by atoms with van der Waals surface area (Å²) >= 11 is 1.64. The van der Waals surface area contributed by atoms with E-state index in [1.807, 2.05) is 0 Å². The molecular weight excluding hydrogens is 386 g/mol. The van der Waals surface area contributed by atoms with Crippen LogP contribution in [0, 0.1) is 11.8 Å². The van der Waals surface area contributed by atoms with E-state index in [0.29, 0.717) is 24.8 Å². The van der Waals surface area contributed by atoms with Crippen LogP contribution in [0.4, 0.5) is 0 Å². The first-order valence-corrected chi connectivity index (χ1v) is 11.7. The van der Waals surface area contributed by atoms with Gasteiger partial charge in [-0.1, -0.05) is 29.4 Å². The number of thioether (sulfide) groups is 1. The molecule has 29 heavy (non-hydrogen) atoms. The van der Waals surface area contributed by atoms with Gasteiger partial charge in [0, 0.05) is 18.1 Å². The maximum Gasteiger partial charge on any atom is 0.241 e. The number of rotatable bonds is 7. The van der Waals surface area contributed by atoms with Gasteiger partial charge in [0.05, 0.1) is 24.2 Å². The van der Waals surface area contributed by atoms with Crippen molar-refractivity contribution in [3.05, 3.63) is 35.4 Å². The summed E-state index contributed by atoms with van der Waals surface area (Å²) in [5.41, 5.74) is 2.91. The lowest BCUT2D eigenvalue weighted by Gasteiger charge is -2.26. The lowest BCUT2D eigenvalue weighted by molar-refractivity contribution is -0.136. The molecular formula is C22H29N3O3S. The Morgan fingerprint density at radius 2 is 2.03 bits per heavy atom. The maximum absolute atomic E-state index is 13.0. The molecule has 4 rings (SSSR count). The number of hydrogen-bond donors (Lipinski definition) is 2. The minimum atomic E-state index is -0.438. The topological polar surface area (TPSA) is 82.0 Å². The number of ketones is 1. The number of carbonyl (C=O) groups is 2. The molecule has 1 aromatic rings. The van der Waals surface area contributed by atoms with Crippen LogP contribution in [0.5, 0.6) is 0 Å². The molecule has 0 saturated carbocycles. The second kappa shape index (κ2) is 9.30. The second-order valence-electron chi connectivity index (χ2n) is 8.37. The molecule has 156 valence electrons. The van der Waals surface area contributed by atoms with Crippen LogP contribution in [0.1, 0.15) is 36.8 Å². The standard InChI is InChI=1S/C22H29N3O3S/c26-20(7-3-4-15-10-16-5-1-2-6-17(16)11-15)19-8-9-23-21(19)22(27)25-14-29-13-18(25)12-24-28/h1-2,5-6,12,15,18-19,21,23,28H,3-4,7-11,13-14H2/t18-,19?,21-/m1/s1. The SMILES string of the molecule is O=C(CCCC1Cc2ccccc2C1)C1CCN[C@H]1C(=O)N1CSC[C@H]1C=NO. The fraction of sp³-hybridized carbons (Fsp3) is 0.591. The van der Waals surface area contributed by atoms with Crippen LogP contribution in [-0.2, 0) is 22.4 Å². The third-order valence-electron chi connectivity index (χ3n) is 6.51. The first kappa shape index (κ1) is 20.4. The van der Waals surface area contributed by atoms with Gasteiger partial charge in [-0.3, -0.25) is 9.59 Å². The molecule has 1 unspecified atom stereocenters. The number of amides is 1. The molecule has 2 aliphatic heterocycles. The predicted octanol–water partition coefficient (Wildman–Crippen LogP) is 2.48. The molecule has 2 heterocycles. The first-order chi connectivity index (χ1) is 14.2. The van der Waals surface area contributed by atoms with Gasteiger partial charge in [-0.05, 0) is 55.7 Å². The van der Waals surface area contributed by atoms with Crippen LogP contribution in [0.2, 0.25) is 0 Å². The van der Waals surface area contributed by atoms with Crippen molar-refractivity contribution in [2.24, 2.45) is 17.0 Å². The Morgan fingerprint density at radius 1 is 1.28 bits per heavy atom. The molecule has 1 aromatic carbocycles. The molecule has 0 aromatic heterocycles. The summed E-state index contributed by atoms with van der Waals surface area (Å²) in [7, 11) is 0. The monoisotopic (exact) mass is 415 g/mol. The van der Waals surface area contributed by atoms with Gasteiger partial charge in [0.1, 0.15) is 5.78 Å². The molecule has 6 nitrogen and oxygen atoms in total. The van der Waals surface area contributed by atoms with Crippen molar-refractivity contribution in [1.82, 2.24) is 10.2 Å². The van der Waals surface area contributed by atoms with E-state index < -0.39 is 6.04 Å². The van der Waals surface area contributed by atoms with Crippen LogP contribution in [0.15, 0.2) is 29.4 Å². The highest BCUT2D eigenvalue weighted by Crippen LogP contribution is 2.31. The maximum atomic E-state index is 13.0. The van der Waals surface area contributed by atoms with E-state index in [0.717, 1.165) is 37.9 Å². The van der Waals surface area contributed by atoms with Gasteiger partial charge >= 0.3 is 0 Å². The van der Waals surface area contributed by atoms with Crippen LogP contribution in [0.25, 0.3) is 0 Å². The molecule has 3 aliphatic rings. The third-order valence-corrected chi connectivity index (χ3v) is 7.55. The Bertz CT molecular complexity index is 759. The van der Waals surface area contributed by atoms with E-state index in [-0.39, 0.29) is 23.7 Å². The normalized spacial score (nSPS) is 27.0. The highest BCUT2D eigenvalue weighted by Gasteiger charge is 2.41. The van der Waals surface area contributed by atoms with Crippen molar-refractivity contribution in [2.45, 2.75) is 50.6 Å². The van der Waals surface area contributed by atoms with Crippen molar-refractivity contribution in [1.29, 1.82) is 0 Å². The highest BCUT2D eigenvalue weighted by atomic mass is 32.2. The zero-order valence-corrected chi connectivity index (χ0v) is 17.4. The fourth-order valence-electron chi connectivity index (χ4n) is 4.98. The van der Waals surface area contributed by atoms with Gasteiger partial charge in [0.2, 0.25) is 5.91 Å². The number of hydrogen-bond acceptors (Lipinski definition) is 6. The minimum absolute atomic E-state index is 0.0398. The number of nitrogens with zero attached hydrogens (tertiary/aromatic N) is 2. The number of fused-ring (bicyclic) bond motifs is 1. The molecule has 1 aliphatic carbocycles. The highest BCUT2D eigenvalue weighted by molar-refractivity contribution is 7.99. The van der Waals surface area contributed by atoms with Gasteiger partial charge in [0.15, 0.2) is 0 Å². The van der Waals surface area contributed by atoms with E-state index in [1.54, 1.807) is 16.7 Å². The summed E-state index contributed by atoms with van der Waals surface area (Å²) in [5.74, 6) is 1.88. The van der Waals surface area contributed by atoms with Crippen molar-refractivity contribution in [3.8, 4) is 0 Å². The molecule has 0 spiro atoms. The zero-order chi connectivity index (χ0) is 20.2. The Kier molecular flexibility index (Phi) is 6.55. The second-order valence-corrected chi connectivity index (χ2v) is 9.37. The molecule has 2 fully saturated rings. The lowest BCUT2D eigenvalue weighted by Crippen LogP contribution is -2.50. The van der Waals surface area contributed by atoms with E-state index in [2.05, 4.69) is 34.7 Å². The third kappa shape index (κ3) is 4.51. The Balaban J connectivity index is 1.27. The van der Waals surface area contributed by atoms with Gasteiger partial charge < -0.3 is 15.4 Å². The van der Waals surface area contributed by atoms with Crippen molar-refractivity contribution < 1.29 is 14.8 Å². The molecule has 0 bridgehead atoms. The molecule has 2 N–H and O–H groups in total. The van der Waals surface area contributed by atoms with E-state index in [1.165, 1.54) is 17.3 Å². The molecule has 2 saturated heterocycles. The summed E-state index contributed by atoms with van der Waals surface area (Å²) in [5, 5.41) is 15.2. The quantitative estimate of drug-likeness (QED) is 0.406. The minimum Gasteiger partial charge on any atom is -0.411 e. The summed E-state index contributed by atoms with van der Waals surface area (Å²) in [6.07, 6.45) is 6.89. The number of carbonyl (C=O) groups excluding carboxylic acids is 2. The Hall–Kier alpha value is -1.86. The number of benzene rings is 1.